The Morgan fingerprint density at radius 1 is 1.50 bits per heavy atom. The van der Waals surface area contributed by atoms with E-state index < -0.39 is 20.6 Å². The summed E-state index contributed by atoms with van der Waals surface area (Å²) in [5.41, 5.74) is -0.471. The Labute approximate surface area is 104 Å². The van der Waals surface area contributed by atoms with Crippen LogP contribution in [0.2, 0.25) is 0 Å². The molecule has 96 valence electrons. The van der Waals surface area contributed by atoms with E-state index in [1.807, 2.05) is 0 Å². The van der Waals surface area contributed by atoms with Crippen LogP contribution in [0.1, 0.15) is 18.9 Å². The van der Waals surface area contributed by atoms with E-state index in [2.05, 4.69) is 4.72 Å². The van der Waals surface area contributed by atoms with E-state index in [1.165, 1.54) is 12.1 Å². The molecule has 0 amide bonds. The van der Waals surface area contributed by atoms with Crippen LogP contribution in [0.5, 0.6) is 0 Å². The highest BCUT2D eigenvalue weighted by Gasteiger charge is 2.19. The number of nitrogens with one attached hydrogen (secondary N) is 1. The van der Waals surface area contributed by atoms with Crippen LogP contribution >= 0.6 is 0 Å². The maximum atomic E-state index is 11.5. The van der Waals surface area contributed by atoms with Gasteiger partial charge in [0.25, 0.3) is 5.69 Å². The molecule has 0 saturated carbocycles. The second-order valence-electron chi connectivity index (χ2n) is 3.52. The molecule has 1 aromatic rings. The molecule has 0 saturated heterocycles. The third-order valence-electron chi connectivity index (χ3n) is 2.06. The van der Waals surface area contributed by atoms with Crippen LogP contribution in [0.15, 0.2) is 18.2 Å². The fourth-order valence-electron chi connectivity index (χ4n) is 1.33. The van der Waals surface area contributed by atoms with E-state index in [4.69, 9.17) is 5.26 Å². The number of hydrogen-bond donors (Lipinski definition) is 1. The van der Waals surface area contributed by atoms with Crippen molar-refractivity contribution in [2.75, 3.05) is 10.5 Å². The number of nitro groups is 1. The van der Waals surface area contributed by atoms with Gasteiger partial charge in [0.15, 0.2) is 0 Å². The molecule has 7 nitrogen and oxygen atoms in total. The van der Waals surface area contributed by atoms with Crippen molar-refractivity contribution >= 4 is 21.4 Å². The van der Waals surface area contributed by atoms with Crippen LogP contribution in [0.25, 0.3) is 0 Å². The number of nitro benzene ring substituents is 1. The van der Waals surface area contributed by atoms with E-state index in [0.717, 1.165) is 6.07 Å². The Morgan fingerprint density at radius 2 is 2.17 bits per heavy atom. The smallest absolute Gasteiger partial charge is 0.277 e. The van der Waals surface area contributed by atoms with Crippen molar-refractivity contribution in [1.29, 1.82) is 5.26 Å². The van der Waals surface area contributed by atoms with Gasteiger partial charge in [-0.05, 0) is 18.6 Å². The zero-order valence-electron chi connectivity index (χ0n) is 9.58. The van der Waals surface area contributed by atoms with Crippen LogP contribution in [-0.4, -0.2) is 19.1 Å². The summed E-state index contributed by atoms with van der Waals surface area (Å²) >= 11 is 0. The SMILES string of the molecule is CCCS(=O)(=O)Nc1ccc(C#N)cc1[N+](=O)[O-]. The molecule has 0 bridgehead atoms. The Hall–Kier alpha value is -2.14. The summed E-state index contributed by atoms with van der Waals surface area (Å²) in [5, 5.41) is 19.4. The maximum Gasteiger partial charge on any atom is 0.294 e. The average Bonchev–Trinajstić information content (AvgIpc) is 2.28. The highest BCUT2D eigenvalue weighted by Crippen LogP contribution is 2.26. The third-order valence-corrected chi connectivity index (χ3v) is 3.54. The highest BCUT2D eigenvalue weighted by atomic mass is 32.2. The second kappa shape index (κ2) is 5.46. The van der Waals surface area contributed by atoms with Gasteiger partial charge in [0.1, 0.15) is 5.69 Å². The minimum Gasteiger partial charge on any atom is -0.277 e. The number of benzene rings is 1. The molecule has 0 atom stereocenters. The first kappa shape index (κ1) is 13.9. The minimum absolute atomic E-state index is 0.0974. The summed E-state index contributed by atoms with van der Waals surface area (Å²) in [6.45, 7) is 1.69. The van der Waals surface area contributed by atoms with Crippen LogP contribution in [0.4, 0.5) is 11.4 Å². The average molecular weight is 269 g/mol. The maximum absolute atomic E-state index is 11.5. The highest BCUT2D eigenvalue weighted by molar-refractivity contribution is 7.92. The van der Waals surface area contributed by atoms with Crippen LogP contribution < -0.4 is 4.72 Å². The van der Waals surface area contributed by atoms with E-state index >= 15 is 0 Å². The van der Waals surface area contributed by atoms with Crippen molar-refractivity contribution in [2.45, 2.75) is 13.3 Å². The normalized spacial score (nSPS) is 10.7. The zero-order chi connectivity index (χ0) is 13.8. The molecule has 8 heteroatoms. The standard InChI is InChI=1S/C10H11N3O4S/c1-2-5-18(16,17)12-9-4-3-8(7-11)6-10(9)13(14)15/h3-4,6,12H,2,5H2,1H3. The third kappa shape index (κ3) is 3.43. The molecule has 0 aliphatic carbocycles. The number of rotatable bonds is 5. The Kier molecular flexibility index (Phi) is 4.23. The fraction of sp³-hybridized carbons (Fsp3) is 0.300. The molecule has 0 fully saturated rings. The van der Waals surface area contributed by atoms with Gasteiger partial charge >= 0.3 is 0 Å². The van der Waals surface area contributed by atoms with Gasteiger partial charge in [-0.1, -0.05) is 6.92 Å². The number of nitriles is 1. The quantitative estimate of drug-likeness (QED) is 0.644. The van der Waals surface area contributed by atoms with Gasteiger partial charge in [-0.25, -0.2) is 8.42 Å². The van der Waals surface area contributed by atoms with Crippen molar-refractivity contribution in [1.82, 2.24) is 0 Å². The molecule has 0 heterocycles. The predicted molar refractivity (Wildman–Crippen MR) is 65.5 cm³/mol. The largest absolute Gasteiger partial charge is 0.294 e. The second-order valence-corrected chi connectivity index (χ2v) is 5.36. The summed E-state index contributed by atoms with van der Waals surface area (Å²) in [4.78, 5) is 10.1. The van der Waals surface area contributed by atoms with Crippen molar-refractivity contribution in [3.05, 3.63) is 33.9 Å². The van der Waals surface area contributed by atoms with E-state index in [1.54, 1.807) is 13.0 Å². The van der Waals surface area contributed by atoms with Gasteiger partial charge < -0.3 is 0 Å². The van der Waals surface area contributed by atoms with Gasteiger partial charge in [-0.2, -0.15) is 5.26 Å². The van der Waals surface area contributed by atoms with Crippen molar-refractivity contribution in [3.8, 4) is 6.07 Å². The predicted octanol–water partition coefficient (Wildman–Crippen LogP) is 1.62. The molecular weight excluding hydrogens is 258 g/mol. The summed E-state index contributed by atoms with van der Waals surface area (Å²) in [6.07, 6.45) is 0.402. The summed E-state index contributed by atoms with van der Waals surface area (Å²) in [5.74, 6) is -0.121. The Morgan fingerprint density at radius 3 is 2.67 bits per heavy atom. The van der Waals surface area contributed by atoms with Crippen molar-refractivity contribution in [2.24, 2.45) is 0 Å². The molecule has 0 aliphatic rings. The van der Waals surface area contributed by atoms with E-state index in [-0.39, 0.29) is 17.0 Å². The van der Waals surface area contributed by atoms with Crippen LogP contribution in [0.3, 0.4) is 0 Å². The number of sulfonamides is 1. The van der Waals surface area contributed by atoms with Gasteiger partial charge in [0, 0.05) is 6.07 Å². The van der Waals surface area contributed by atoms with Crippen molar-refractivity contribution < 1.29 is 13.3 Å². The first-order valence-electron chi connectivity index (χ1n) is 5.08. The molecule has 0 radical (unpaired) electrons. The molecule has 0 unspecified atom stereocenters. The van der Waals surface area contributed by atoms with Gasteiger partial charge in [-0.3, -0.25) is 14.8 Å². The molecular formula is C10H11N3O4S. The first-order valence-corrected chi connectivity index (χ1v) is 6.74. The molecule has 0 spiro atoms. The molecule has 18 heavy (non-hydrogen) atoms. The first-order chi connectivity index (χ1) is 8.39. The molecule has 1 rings (SSSR count). The van der Waals surface area contributed by atoms with Crippen molar-refractivity contribution in [3.63, 3.8) is 0 Å². The lowest BCUT2D eigenvalue weighted by atomic mass is 10.2. The summed E-state index contributed by atoms with van der Waals surface area (Å²) in [7, 11) is -3.60. The van der Waals surface area contributed by atoms with Gasteiger partial charge in [0.2, 0.25) is 10.0 Å². The summed E-state index contributed by atoms with van der Waals surface area (Å²) < 4.78 is 25.2. The minimum atomic E-state index is -3.60. The van der Waals surface area contributed by atoms with E-state index in [0.29, 0.717) is 6.42 Å². The van der Waals surface area contributed by atoms with Crippen LogP contribution in [-0.2, 0) is 10.0 Å². The lowest BCUT2D eigenvalue weighted by Crippen LogP contribution is -2.17. The number of nitrogens with zero attached hydrogens (tertiary/aromatic N) is 2. The van der Waals surface area contributed by atoms with Gasteiger partial charge in [0.05, 0.1) is 22.3 Å². The van der Waals surface area contributed by atoms with E-state index in [9.17, 15) is 18.5 Å². The summed E-state index contributed by atoms with van der Waals surface area (Å²) in [6, 6.07) is 5.32. The number of hydrogen-bond acceptors (Lipinski definition) is 5. The molecule has 1 aromatic carbocycles. The molecule has 0 aliphatic heterocycles. The van der Waals surface area contributed by atoms with Crippen LogP contribution in [0, 0.1) is 21.4 Å². The lowest BCUT2D eigenvalue weighted by Gasteiger charge is -2.07. The Balaban J connectivity index is 3.18. The molecule has 0 aromatic heterocycles. The zero-order valence-corrected chi connectivity index (χ0v) is 10.4. The topological polar surface area (TPSA) is 113 Å². The monoisotopic (exact) mass is 269 g/mol. The van der Waals surface area contributed by atoms with Gasteiger partial charge in [-0.15, -0.1) is 0 Å². The lowest BCUT2D eigenvalue weighted by molar-refractivity contribution is -0.383. The number of anilines is 1. The fourth-order valence-corrected chi connectivity index (χ4v) is 2.47. The Bertz CT molecular complexity index is 604. The molecule has 1 N–H and O–H groups in total.